The van der Waals surface area contributed by atoms with Gasteiger partial charge in [-0.05, 0) is 46.1 Å². The summed E-state index contributed by atoms with van der Waals surface area (Å²) < 4.78 is 3.53. The van der Waals surface area contributed by atoms with E-state index in [1.165, 1.54) is 41.5 Å². The van der Waals surface area contributed by atoms with Gasteiger partial charge in [-0.1, -0.05) is 19.3 Å². The monoisotopic (exact) mass is 324 g/mol. The van der Waals surface area contributed by atoms with E-state index >= 15 is 0 Å². The van der Waals surface area contributed by atoms with Crippen molar-refractivity contribution in [3.8, 4) is 0 Å². The third kappa shape index (κ3) is 2.41. The van der Waals surface area contributed by atoms with E-state index in [0.29, 0.717) is 6.04 Å². The van der Waals surface area contributed by atoms with E-state index in [9.17, 15) is 0 Å². The maximum absolute atomic E-state index is 4.23. The molecule has 0 radical (unpaired) electrons. The summed E-state index contributed by atoms with van der Waals surface area (Å²) in [4.78, 5) is 5.67. The van der Waals surface area contributed by atoms with Gasteiger partial charge in [-0.25, -0.2) is 4.98 Å². The molecule has 1 fully saturated rings. The first kappa shape index (κ1) is 12.4. The molecule has 0 N–H and O–H groups in total. The van der Waals surface area contributed by atoms with Gasteiger partial charge >= 0.3 is 0 Å². The van der Waals surface area contributed by atoms with Gasteiger partial charge in [0.15, 0.2) is 0 Å². The summed E-state index contributed by atoms with van der Waals surface area (Å²) in [6.07, 6.45) is 12.8. The topological polar surface area (TPSA) is 17.8 Å². The van der Waals surface area contributed by atoms with Crippen molar-refractivity contribution in [3.05, 3.63) is 39.5 Å². The molecule has 2 aromatic heterocycles. The number of imidazole rings is 1. The lowest BCUT2D eigenvalue weighted by Gasteiger charge is -2.31. The summed E-state index contributed by atoms with van der Waals surface area (Å²) in [6.45, 7) is 0. The van der Waals surface area contributed by atoms with Gasteiger partial charge in [0.1, 0.15) is 0 Å². The highest BCUT2D eigenvalue weighted by Gasteiger charge is 2.28. The first-order valence-electron chi connectivity index (χ1n) is 6.56. The van der Waals surface area contributed by atoms with Crippen LogP contribution in [0.5, 0.6) is 0 Å². The van der Waals surface area contributed by atoms with E-state index in [2.05, 4.69) is 43.1 Å². The molecule has 1 atom stereocenters. The maximum Gasteiger partial charge on any atom is 0.0952 e. The predicted octanol–water partition coefficient (Wildman–Crippen LogP) is 4.88. The van der Waals surface area contributed by atoms with Crippen LogP contribution in [0.1, 0.15) is 43.0 Å². The van der Waals surface area contributed by atoms with E-state index < -0.39 is 0 Å². The van der Waals surface area contributed by atoms with Crippen LogP contribution in [0.4, 0.5) is 0 Å². The molecule has 1 aliphatic rings. The summed E-state index contributed by atoms with van der Waals surface area (Å²) in [5.41, 5.74) is 0. The number of hydrogen-bond acceptors (Lipinski definition) is 2. The summed E-state index contributed by atoms with van der Waals surface area (Å²) in [5.74, 6) is 0.753. The van der Waals surface area contributed by atoms with Crippen LogP contribution in [0.2, 0.25) is 0 Å². The van der Waals surface area contributed by atoms with Gasteiger partial charge in [-0.3, -0.25) is 0 Å². The van der Waals surface area contributed by atoms with Gasteiger partial charge in [0, 0.05) is 21.7 Å². The lowest BCUT2D eigenvalue weighted by Crippen LogP contribution is -2.21. The summed E-state index contributed by atoms with van der Waals surface area (Å²) in [6, 6.07) is 2.62. The Labute approximate surface area is 120 Å². The minimum absolute atomic E-state index is 0.460. The first-order chi connectivity index (χ1) is 8.86. The van der Waals surface area contributed by atoms with Crippen molar-refractivity contribution in [1.82, 2.24) is 9.55 Å². The van der Waals surface area contributed by atoms with Crippen molar-refractivity contribution in [1.29, 1.82) is 0 Å². The summed E-state index contributed by atoms with van der Waals surface area (Å²) in [5, 5.41) is 2.17. The fourth-order valence-corrected chi connectivity index (χ4v) is 4.80. The van der Waals surface area contributed by atoms with Crippen molar-refractivity contribution < 1.29 is 0 Å². The standard InChI is InChI=1S/C14H17BrN2S/c15-12-6-9-18-14(12)13(17-8-7-16-10-17)11-4-2-1-3-5-11/h6-11,13H,1-5H2. The van der Waals surface area contributed by atoms with Gasteiger partial charge in [-0.15, -0.1) is 11.3 Å². The first-order valence-corrected chi connectivity index (χ1v) is 8.24. The van der Waals surface area contributed by atoms with E-state index in [0.717, 1.165) is 5.92 Å². The normalized spacial score (nSPS) is 18.9. The van der Waals surface area contributed by atoms with Crippen LogP contribution in [0, 0.1) is 5.92 Å². The van der Waals surface area contributed by atoms with E-state index in [1.54, 1.807) is 0 Å². The van der Waals surface area contributed by atoms with Crippen molar-refractivity contribution in [2.45, 2.75) is 38.1 Å². The van der Waals surface area contributed by atoms with Crippen molar-refractivity contribution in [2.75, 3.05) is 0 Å². The molecule has 0 saturated heterocycles. The highest BCUT2D eigenvalue weighted by molar-refractivity contribution is 9.10. The van der Waals surface area contributed by atoms with Crippen molar-refractivity contribution in [2.24, 2.45) is 5.92 Å². The average molecular weight is 325 g/mol. The Balaban J connectivity index is 1.96. The molecule has 18 heavy (non-hydrogen) atoms. The summed E-state index contributed by atoms with van der Waals surface area (Å²) >= 11 is 5.55. The Kier molecular flexibility index (Phi) is 3.85. The molecule has 4 heteroatoms. The zero-order valence-corrected chi connectivity index (χ0v) is 12.7. The van der Waals surface area contributed by atoms with Gasteiger partial charge in [0.25, 0.3) is 0 Å². The van der Waals surface area contributed by atoms with Crippen LogP contribution in [0.3, 0.4) is 0 Å². The summed E-state index contributed by atoms with van der Waals surface area (Å²) in [7, 11) is 0. The van der Waals surface area contributed by atoms with Crippen LogP contribution < -0.4 is 0 Å². The molecule has 0 spiro atoms. The highest BCUT2D eigenvalue weighted by atomic mass is 79.9. The minimum Gasteiger partial charge on any atom is -0.329 e. The quantitative estimate of drug-likeness (QED) is 0.787. The average Bonchev–Trinajstić information content (AvgIpc) is 3.05. The largest absolute Gasteiger partial charge is 0.329 e. The van der Waals surface area contributed by atoms with Gasteiger partial charge in [0.05, 0.1) is 12.4 Å². The van der Waals surface area contributed by atoms with Crippen LogP contribution in [-0.4, -0.2) is 9.55 Å². The molecular weight excluding hydrogens is 308 g/mol. The highest BCUT2D eigenvalue weighted by Crippen LogP contribution is 2.41. The van der Waals surface area contributed by atoms with Gasteiger partial charge in [-0.2, -0.15) is 0 Å². The second-order valence-corrected chi connectivity index (χ2v) is 6.79. The molecule has 0 aromatic carbocycles. The van der Waals surface area contributed by atoms with E-state index in [4.69, 9.17) is 0 Å². The van der Waals surface area contributed by atoms with E-state index in [1.807, 2.05) is 23.9 Å². The third-order valence-corrected chi connectivity index (χ3v) is 5.80. The molecule has 3 rings (SSSR count). The molecule has 2 nitrogen and oxygen atoms in total. The van der Waals surface area contributed by atoms with Crippen LogP contribution in [0.15, 0.2) is 34.6 Å². The van der Waals surface area contributed by atoms with Gasteiger partial charge < -0.3 is 4.57 Å². The fraction of sp³-hybridized carbons (Fsp3) is 0.500. The predicted molar refractivity (Wildman–Crippen MR) is 79.0 cm³/mol. The Morgan fingerprint density at radius 1 is 1.33 bits per heavy atom. The molecular formula is C14H17BrN2S. The molecule has 1 saturated carbocycles. The fourth-order valence-electron chi connectivity index (χ4n) is 2.99. The lowest BCUT2D eigenvalue weighted by atomic mass is 9.83. The van der Waals surface area contributed by atoms with Crippen molar-refractivity contribution in [3.63, 3.8) is 0 Å². The Hall–Kier alpha value is -0.610. The van der Waals surface area contributed by atoms with Crippen molar-refractivity contribution >= 4 is 27.3 Å². The Morgan fingerprint density at radius 3 is 2.78 bits per heavy atom. The smallest absolute Gasteiger partial charge is 0.0952 e. The minimum atomic E-state index is 0.460. The second-order valence-electron chi connectivity index (χ2n) is 4.99. The van der Waals surface area contributed by atoms with Crippen LogP contribution in [0.25, 0.3) is 0 Å². The molecule has 96 valence electrons. The number of thiophene rings is 1. The number of rotatable bonds is 3. The number of halogens is 1. The van der Waals surface area contributed by atoms with Crippen LogP contribution >= 0.6 is 27.3 Å². The number of hydrogen-bond donors (Lipinski definition) is 0. The zero-order chi connectivity index (χ0) is 12.4. The molecule has 0 aliphatic heterocycles. The molecule has 2 aromatic rings. The molecule has 0 bridgehead atoms. The lowest BCUT2D eigenvalue weighted by molar-refractivity contribution is 0.281. The Morgan fingerprint density at radius 2 is 2.17 bits per heavy atom. The second kappa shape index (κ2) is 5.57. The molecule has 2 heterocycles. The van der Waals surface area contributed by atoms with Gasteiger partial charge in [0.2, 0.25) is 0 Å². The molecule has 1 aliphatic carbocycles. The molecule has 1 unspecified atom stereocenters. The Bertz CT molecular complexity index is 486. The zero-order valence-electron chi connectivity index (χ0n) is 10.3. The van der Waals surface area contributed by atoms with Crippen LogP contribution in [-0.2, 0) is 0 Å². The maximum atomic E-state index is 4.23. The van der Waals surface area contributed by atoms with E-state index in [-0.39, 0.29) is 0 Å². The number of aromatic nitrogens is 2. The SMILES string of the molecule is Brc1ccsc1C(C1CCCCC1)n1ccnc1. The number of nitrogens with zero attached hydrogens (tertiary/aromatic N) is 2. The third-order valence-electron chi connectivity index (χ3n) is 3.86. The molecule has 0 amide bonds.